The van der Waals surface area contributed by atoms with E-state index in [4.69, 9.17) is 0 Å². The lowest BCUT2D eigenvalue weighted by molar-refractivity contribution is -0.124. The van der Waals surface area contributed by atoms with Gasteiger partial charge in [0, 0.05) is 22.2 Å². The van der Waals surface area contributed by atoms with Crippen molar-refractivity contribution in [1.82, 2.24) is 4.90 Å². The van der Waals surface area contributed by atoms with Crippen molar-refractivity contribution in [3.05, 3.63) is 28.7 Å². The van der Waals surface area contributed by atoms with E-state index in [1.165, 1.54) is 19.3 Å². The number of amides is 1. The number of hydrogen-bond acceptors (Lipinski definition) is 4. The molecule has 3 fully saturated rings. The Morgan fingerprint density at radius 1 is 0.960 bits per heavy atom. The van der Waals surface area contributed by atoms with Gasteiger partial charge in [-0.25, -0.2) is 8.42 Å². The van der Waals surface area contributed by atoms with Crippen LogP contribution >= 0.6 is 15.9 Å². The van der Waals surface area contributed by atoms with E-state index in [1.54, 1.807) is 4.90 Å². The molecule has 5 nitrogen and oxygen atoms in total. The van der Waals surface area contributed by atoms with E-state index >= 15 is 0 Å². The molecule has 1 aromatic rings. The second kappa shape index (κ2) is 6.67. The average molecular weight is 427 g/mol. The number of nitrogens with zero attached hydrogens (tertiary/aromatic N) is 2. The molecule has 136 valence electrons. The molecule has 2 unspecified atom stereocenters. The number of fused-ring (bicyclic) bond motifs is 1. The molecule has 2 heterocycles. The Balaban J connectivity index is 1.67. The van der Waals surface area contributed by atoms with Crippen LogP contribution in [0.25, 0.3) is 0 Å². The summed E-state index contributed by atoms with van der Waals surface area (Å²) in [5.41, 5.74) is 0.795. The van der Waals surface area contributed by atoms with Gasteiger partial charge < -0.3 is 4.90 Å². The van der Waals surface area contributed by atoms with Crippen LogP contribution in [0.2, 0.25) is 0 Å². The van der Waals surface area contributed by atoms with Gasteiger partial charge >= 0.3 is 0 Å². The zero-order valence-corrected chi connectivity index (χ0v) is 16.5. The van der Waals surface area contributed by atoms with Gasteiger partial charge in [-0.05, 0) is 37.1 Å². The fraction of sp³-hybridized carbons (Fsp3) is 0.611. The van der Waals surface area contributed by atoms with Crippen LogP contribution in [0.15, 0.2) is 28.7 Å². The highest BCUT2D eigenvalue weighted by Gasteiger charge is 2.51. The van der Waals surface area contributed by atoms with E-state index in [1.807, 2.05) is 24.3 Å². The molecule has 1 amide bonds. The lowest BCUT2D eigenvalue weighted by atomic mass is 9.91. The van der Waals surface area contributed by atoms with E-state index in [2.05, 4.69) is 20.8 Å². The highest BCUT2D eigenvalue weighted by molar-refractivity contribution is 9.10. The Kier molecular flexibility index (Phi) is 4.67. The fourth-order valence-electron chi connectivity index (χ4n) is 4.66. The van der Waals surface area contributed by atoms with Crippen molar-refractivity contribution in [3.8, 4) is 0 Å². The first kappa shape index (κ1) is 17.5. The minimum atomic E-state index is -3.12. The van der Waals surface area contributed by atoms with Crippen molar-refractivity contribution in [3.63, 3.8) is 0 Å². The normalized spacial score (nSPS) is 30.4. The van der Waals surface area contributed by atoms with E-state index in [0.717, 1.165) is 23.0 Å². The van der Waals surface area contributed by atoms with Crippen molar-refractivity contribution in [1.29, 1.82) is 0 Å². The summed E-state index contributed by atoms with van der Waals surface area (Å²) in [7, 11) is -3.12. The number of anilines is 1. The maximum atomic E-state index is 13.0. The Bertz CT molecular complexity index is 759. The van der Waals surface area contributed by atoms with Gasteiger partial charge in [-0.3, -0.25) is 9.69 Å². The molecule has 2 atom stereocenters. The van der Waals surface area contributed by atoms with E-state index in [9.17, 15) is 13.2 Å². The van der Waals surface area contributed by atoms with Gasteiger partial charge in [-0.15, -0.1) is 0 Å². The maximum absolute atomic E-state index is 13.0. The lowest BCUT2D eigenvalue weighted by Crippen LogP contribution is -2.64. The number of piperazine rings is 1. The summed E-state index contributed by atoms with van der Waals surface area (Å²) in [6.45, 7) is 0.331. The first-order chi connectivity index (χ1) is 11.9. The fourth-order valence-corrected chi connectivity index (χ4v) is 6.88. The van der Waals surface area contributed by atoms with Gasteiger partial charge in [0.15, 0.2) is 9.84 Å². The van der Waals surface area contributed by atoms with Crippen LogP contribution in [0.5, 0.6) is 0 Å². The molecule has 2 saturated heterocycles. The minimum Gasteiger partial charge on any atom is -0.306 e. The van der Waals surface area contributed by atoms with Crippen molar-refractivity contribution >= 4 is 37.4 Å². The Morgan fingerprint density at radius 3 is 2.28 bits per heavy atom. The van der Waals surface area contributed by atoms with Crippen LogP contribution < -0.4 is 4.90 Å². The molecule has 0 spiro atoms. The van der Waals surface area contributed by atoms with Crippen LogP contribution in [0.1, 0.15) is 32.1 Å². The zero-order chi connectivity index (χ0) is 17.6. The maximum Gasteiger partial charge on any atom is 0.241 e. The van der Waals surface area contributed by atoms with Crippen molar-refractivity contribution in [2.45, 2.75) is 50.2 Å². The monoisotopic (exact) mass is 426 g/mol. The average Bonchev–Trinajstić information content (AvgIpc) is 2.91. The number of hydrogen-bond donors (Lipinski definition) is 0. The number of halogens is 1. The topological polar surface area (TPSA) is 57.7 Å². The van der Waals surface area contributed by atoms with Gasteiger partial charge in [0.05, 0.1) is 24.1 Å². The van der Waals surface area contributed by atoms with Crippen LogP contribution in [0.4, 0.5) is 5.69 Å². The summed E-state index contributed by atoms with van der Waals surface area (Å²) in [5, 5.41) is 0. The standard InChI is InChI=1S/C18H23BrN2O3S/c19-13-6-8-15(9-7-13)21-17-12-25(23,24)11-16(17)20(10-18(21)22)14-4-2-1-3-5-14/h6-9,14,16-17H,1-5,10-12H2. The van der Waals surface area contributed by atoms with Crippen LogP contribution in [0.3, 0.4) is 0 Å². The first-order valence-electron chi connectivity index (χ1n) is 8.98. The molecular weight excluding hydrogens is 404 g/mol. The van der Waals surface area contributed by atoms with E-state index in [-0.39, 0.29) is 29.5 Å². The number of rotatable bonds is 2. The molecule has 7 heteroatoms. The molecule has 4 rings (SSSR count). The van der Waals surface area contributed by atoms with Gasteiger partial charge in [0.2, 0.25) is 5.91 Å². The Labute approximate surface area is 157 Å². The summed E-state index contributed by atoms with van der Waals surface area (Å²) in [6, 6.07) is 7.58. The van der Waals surface area contributed by atoms with Crippen LogP contribution in [0, 0.1) is 0 Å². The van der Waals surface area contributed by atoms with Gasteiger partial charge in [-0.1, -0.05) is 35.2 Å². The van der Waals surface area contributed by atoms with Crippen LogP contribution in [-0.2, 0) is 14.6 Å². The SMILES string of the molecule is O=C1CN(C2CCCCC2)C2CS(=O)(=O)CC2N1c1ccc(Br)cc1. The van der Waals surface area contributed by atoms with Gasteiger partial charge in [0.1, 0.15) is 0 Å². The second-order valence-electron chi connectivity index (χ2n) is 7.42. The zero-order valence-electron chi connectivity index (χ0n) is 14.1. The highest BCUT2D eigenvalue weighted by atomic mass is 79.9. The number of benzene rings is 1. The quantitative estimate of drug-likeness (QED) is 0.728. The van der Waals surface area contributed by atoms with Crippen LogP contribution in [-0.4, -0.2) is 55.4 Å². The number of carbonyl (C=O) groups is 1. The lowest BCUT2D eigenvalue weighted by Gasteiger charge is -2.47. The molecule has 0 aromatic heterocycles. The van der Waals surface area contributed by atoms with Gasteiger partial charge in [-0.2, -0.15) is 0 Å². The Morgan fingerprint density at radius 2 is 1.60 bits per heavy atom. The van der Waals surface area contributed by atoms with Gasteiger partial charge in [0.25, 0.3) is 0 Å². The molecule has 0 radical (unpaired) electrons. The summed E-state index contributed by atoms with van der Waals surface area (Å²) in [4.78, 5) is 16.9. The molecule has 25 heavy (non-hydrogen) atoms. The predicted molar refractivity (Wildman–Crippen MR) is 101 cm³/mol. The Hall–Kier alpha value is -0.920. The highest BCUT2D eigenvalue weighted by Crippen LogP contribution is 2.35. The summed E-state index contributed by atoms with van der Waals surface area (Å²) >= 11 is 3.41. The third kappa shape index (κ3) is 3.38. The van der Waals surface area contributed by atoms with E-state index in [0.29, 0.717) is 12.6 Å². The van der Waals surface area contributed by atoms with Crippen molar-refractivity contribution < 1.29 is 13.2 Å². The smallest absolute Gasteiger partial charge is 0.241 e. The summed E-state index contributed by atoms with van der Waals surface area (Å²) in [5.74, 6) is 0.267. The molecule has 2 aliphatic heterocycles. The minimum absolute atomic E-state index is 0.0197. The summed E-state index contributed by atoms with van der Waals surface area (Å²) < 4.78 is 25.7. The van der Waals surface area contributed by atoms with Crippen molar-refractivity contribution in [2.75, 3.05) is 23.0 Å². The molecule has 0 N–H and O–H groups in total. The molecule has 0 bridgehead atoms. The molecule has 1 aliphatic carbocycles. The molecular formula is C18H23BrN2O3S. The predicted octanol–water partition coefficient (Wildman–Crippen LogP) is 2.60. The van der Waals surface area contributed by atoms with Crippen molar-refractivity contribution in [2.24, 2.45) is 0 Å². The number of sulfone groups is 1. The second-order valence-corrected chi connectivity index (χ2v) is 10.5. The molecule has 3 aliphatic rings. The third-order valence-electron chi connectivity index (χ3n) is 5.79. The molecule has 1 aromatic carbocycles. The first-order valence-corrected chi connectivity index (χ1v) is 11.6. The third-order valence-corrected chi connectivity index (χ3v) is 8.01. The largest absolute Gasteiger partial charge is 0.306 e. The van der Waals surface area contributed by atoms with E-state index < -0.39 is 9.84 Å². The summed E-state index contributed by atoms with van der Waals surface area (Å²) in [6.07, 6.45) is 5.76. The number of carbonyl (C=O) groups excluding carboxylic acids is 1. The molecule has 1 saturated carbocycles.